The van der Waals surface area contributed by atoms with Crippen molar-refractivity contribution in [2.45, 2.75) is 5.03 Å². The van der Waals surface area contributed by atoms with Gasteiger partial charge in [-0.3, -0.25) is 0 Å². The predicted molar refractivity (Wildman–Crippen MR) is 80.7 cm³/mol. The third kappa shape index (κ3) is 2.47. The fourth-order valence-electron chi connectivity index (χ4n) is 2.05. The highest BCUT2D eigenvalue weighted by molar-refractivity contribution is 7.98. The van der Waals surface area contributed by atoms with Crippen LogP contribution in [0.2, 0.25) is 0 Å². The topological polar surface area (TPSA) is 17.8 Å². The second kappa shape index (κ2) is 5.51. The van der Waals surface area contributed by atoms with Crippen molar-refractivity contribution in [1.82, 2.24) is 9.78 Å². The Hall–Kier alpha value is -2.07. The molecule has 0 saturated carbocycles. The molecular formula is C16H13FN2S. The lowest BCUT2D eigenvalue weighted by Gasteiger charge is -2.07. The van der Waals surface area contributed by atoms with Gasteiger partial charge in [-0.25, -0.2) is 9.07 Å². The average Bonchev–Trinajstić information content (AvgIpc) is 2.93. The monoisotopic (exact) mass is 284 g/mol. The first-order valence-electron chi connectivity index (χ1n) is 6.23. The number of hydrogen-bond donors (Lipinski definition) is 0. The molecular weight excluding hydrogens is 271 g/mol. The molecule has 0 spiro atoms. The minimum Gasteiger partial charge on any atom is -0.232 e. The Kier molecular flexibility index (Phi) is 3.56. The highest BCUT2D eigenvalue weighted by Crippen LogP contribution is 2.27. The van der Waals surface area contributed by atoms with Crippen LogP contribution in [0.1, 0.15) is 0 Å². The SMILES string of the molecule is CSc1cc(-c2ccc(F)cc2)n(-c2ccccc2)n1. The van der Waals surface area contributed by atoms with E-state index in [1.54, 1.807) is 23.9 Å². The quantitative estimate of drug-likeness (QED) is 0.663. The molecule has 0 radical (unpaired) electrons. The van der Waals surface area contributed by atoms with Gasteiger partial charge in [-0.05, 0) is 48.7 Å². The molecule has 3 rings (SSSR count). The molecule has 2 nitrogen and oxygen atoms in total. The Bertz CT molecular complexity index is 705. The summed E-state index contributed by atoms with van der Waals surface area (Å²) in [5.41, 5.74) is 2.90. The number of benzene rings is 2. The van der Waals surface area contributed by atoms with Crippen molar-refractivity contribution < 1.29 is 4.39 Å². The molecule has 0 saturated heterocycles. The van der Waals surface area contributed by atoms with Gasteiger partial charge < -0.3 is 0 Å². The van der Waals surface area contributed by atoms with Gasteiger partial charge in [0.1, 0.15) is 10.8 Å². The third-order valence-corrected chi connectivity index (χ3v) is 3.65. The molecule has 0 unspecified atom stereocenters. The van der Waals surface area contributed by atoms with Crippen LogP contribution >= 0.6 is 11.8 Å². The van der Waals surface area contributed by atoms with E-state index in [9.17, 15) is 4.39 Å². The molecule has 4 heteroatoms. The van der Waals surface area contributed by atoms with E-state index >= 15 is 0 Å². The Morgan fingerprint density at radius 3 is 2.35 bits per heavy atom. The van der Waals surface area contributed by atoms with Crippen molar-refractivity contribution in [3.63, 3.8) is 0 Å². The summed E-state index contributed by atoms with van der Waals surface area (Å²) < 4.78 is 15.0. The van der Waals surface area contributed by atoms with Gasteiger partial charge in [0.25, 0.3) is 0 Å². The first-order valence-corrected chi connectivity index (χ1v) is 7.46. The molecule has 0 amide bonds. The summed E-state index contributed by atoms with van der Waals surface area (Å²) in [4.78, 5) is 0. The molecule has 2 aromatic carbocycles. The van der Waals surface area contributed by atoms with Gasteiger partial charge in [0.2, 0.25) is 0 Å². The van der Waals surface area contributed by atoms with E-state index < -0.39 is 0 Å². The van der Waals surface area contributed by atoms with Crippen molar-refractivity contribution in [1.29, 1.82) is 0 Å². The van der Waals surface area contributed by atoms with Crippen LogP contribution in [0.4, 0.5) is 4.39 Å². The van der Waals surface area contributed by atoms with Gasteiger partial charge in [-0.2, -0.15) is 5.10 Å². The van der Waals surface area contributed by atoms with Crippen LogP contribution in [0.25, 0.3) is 16.9 Å². The number of para-hydroxylation sites is 1. The summed E-state index contributed by atoms with van der Waals surface area (Å²) in [6, 6.07) is 18.4. The molecule has 1 heterocycles. The fraction of sp³-hybridized carbons (Fsp3) is 0.0625. The molecule has 0 atom stereocenters. The minimum absolute atomic E-state index is 0.232. The molecule has 20 heavy (non-hydrogen) atoms. The second-order valence-electron chi connectivity index (χ2n) is 4.33. The van der Waals surface area contributed by atoms with Crippen LogP contribution in [0.15, 0.2) is 65.7 Å². The largest absolute Gasteiger partial charge is 0.232 e. The second-order valence-corrected chi connectivity index (χ2v) is 5.15. The summed E-state index contributed by atoms with van der Waals surface area (Å²) >= 11 is 1.59. The van der Waals surface area contributed by atoms with E-state index in [1.807, 2.05) is 47.3 Å². The Morgan fingerprint density at radius 1 is 1.00 bits per heavy atom. The van der Waals surface area contributed by atoms with Crippen molar-refractivity contribution in [3.05, 3.63) is 66.5 Å². The zero-order chi connectivity index (χ0) is 13.9. The third-order valence-electron chi connectivity index (χ3n) is 3.04. The fourth-order valence-corrected chi connectivity index (χ4v) is 2.44. The molecule has 0 aliphatic carbocycles. The van der Waals surface area contributed by atoms with Gasteiger partial charge in [0.05, 0.1) is 11.4 Å². The maximum absolute atomic E-state index is 13.1. The van der Waals surface area contributed by atoms with Crippen LogP contribution in [-0.4, -0.2) is 16.0 Å². The number of aromatic nitrogens is 2. The van der Waals surface area contributed by atoms with Crippen LogP contribution in [0.3, 0.4) is 0 Å². The molecule has 0 N–H and O–H groups in total. The smallest absolute Gasteiger partial charge is 0.123 e. The first-order chi connectivity index (χ1) is 9.78. The lowest BCUT2D eigenvalue weighted by molar-refractivity contribution is 0.628. The first kappa shape index (κ1) is 12.9. The van der Waals surface area contributed by atoms with Crippen molar-refractivity contribution in [3.8, 4) is 16.9 Å². The molecule has 0 fully saturated rings. The van der Waals surface area contributed by atoms with Gasteiger partial charge >= 0.3 is 0 Å². The van der Waals surface area contributed by atoms with Crippen LogP contribution < -0.4 is 0 Å². The van der Waals surface area contributed by atoms with E-state index in [4.69, 9.17) is 0 Å². The minimum atomic E-state index is -0.232. The van der Waals surface area contributed by atoms with Crippen molar-refractivity contribution >= 4 is 11.8 Å². The average molecular weight is 284 g/mol. The van der Waals surface area contributed by atoms with Gasteiger partial charge in [-0.15, -0.1) is 11.8 Å². The maximum atomic E-state index is 13.1. The summed E-state index contributed by atoms with van der Waals surface area (Å²) in [6.45, 7) is 0. The van der Waals surface area contributed by atoms with E-state index in [2.05, 4.69) is 5.10 Å². The summed E-state index contributed by atoms with van der Waals surface area (Å²) in [5.74, 6) is -0.232. The lowest BCUT2D eigenvalue weighted by atomic mass is 10.1. The van der Waals surface area contributed by atoms with Crippen LogP contribution in [0, 0.1) is 5.82 Å². The lowest BCUT2D eigenvalue weighted by Crippen LogP contribution is -1.98. The molecule has 0 aliphatic rings. The van der Waals surface area contributed by atoms with Gasteiger partial charge in [0.15, 0.2) is 0 Å². The summed E-state index contributed by atoms with van der Waals surface area (Å²) in [6.07, 6.45) is 1.99. The predicted octanol–water partition coefficient (Wildman–Crippen LogP) is 4.40. The molecule has 0 bridgehead atoms. The number of rotatable bonds is 3. The Morgan fingerprint density at radius 2 is 1.70 bits per heavy atom. The van der Waals surface area contributed by atoms with E-state index in [-0.39, 0.29) is 5.82 Å². The Labute approximate surface area is 121 Å². The van der Waals surface area contributed by atoms with E-state index in [0.29, 0.717) is 0 Å². The van der Waals surface area contributed by atoms with E-state index in [0.717, 1.165) is 22.0 Å². The Balaban J connectivity index is 2.15. The molecule has 1 aromatic heterocycles. The molecule has 0 aliphatic heterocycles. The van der Waals surface area contributed by atoms with E-state index in [1.165, 1.54) is 12.1 Å². The molecule has 100 valence electrons. The number of halogens is 1. The maximum Gasteiger partial charge on any atom is 0.123 e. The highest BCUT2D eigenvalue weighted by Gasteiger charge is 2.11. The summed E-state index contributed by atoms with van der Waals surface area (Å²) in [7, 11) is 0. The number of thioether (sulfide) groups is 1. The van der Waals surface area contributed by atoms with Gasteiger partial charge in [-0.1, -0.05) is 18.2 Å². The van der Waals surface area contributed by atoms with Crippen molar-refractivity contribution in [2.75, 3.05) is 6.26 Å². The normalized spacial score (nSPS) is 10.7. The molecule has 3 aromatic rings. The zero-order valence-electron chi connectivity index (χ0n) is 11.0. The van der Waals surface area contributed by atoms with Crippen LogP contribution in [0.5, 0.6) is 0 Å². The van der Waals surface area contributed by atoms with Crippen molar-refractivity contribution in [2.24, 2.45) is 0 Å². The highest BCUT2D eigenvalue weighted by atomic mass is 32.2. The standard InChI is InChI=1S/C16H13FN2S/c1-20-16-11-15(12-7-9-13(17)10-8-12)19(18-16)14-5-3-2-4-6-14/h2-11H,1H3. The zero-order valence-corrected chi connectivity index (χ0v) is 11.8. The van der Waals surface area contributed by atoms with Crippen LogP contribution in [-0.2, 0) is 0 Å². The number of hydrogen-bond acceptors (Lipinski definition) is 2. The summed E-state index contributed by atoms with van der Waals surface area (Å²) in [5, 5.41) is 5.52. The number of nitrogens with zero attached hydrogens (tertiary/aromatic N) is 2. The van der Waals surface area contributed by atoms with Gasteiger partial charge in [0, 0.05) is 5.56 Å².